The van der Waals surface area contributed by atoms with Crippen molar-refractivity contribution in [3.8, 4) is 0 Å². The molecule has 168 valence electrons. The second kappa shape index (κ2) is 10.1. The van der Waals surface area contributed by atoms with Crippen LogP contribution in [0.1, 0.15) is 51.7 Å². The van der Waals surface area contributed by atoms with E-state index in [0.717, 1.165) is 21.3 Å². The van der Waals surface area contributed by atoms with Crippen molar-refractivity contribution in [2.24, 2.45) is 5.10 Å². The molecular formula is C25H28BrN3O3. The van der Waals surface area contributed by atoms with Gasteiger partial charge in [0.1, 0.15) is 0 Å². The molecule has 1 atom stereocenters. The zero-order valence-corrected chi connectivity index (χ0v) is 20.6. The molecule has 1 aliphatic rings. The molecule has 1 heterocycles. The van der Waals surface area contributed by atoms with Gasteiger partial charge in [-0.15, -0.1) is 5.10 Å². The van der Waals surface area contributed by atoms with E-state index in [1.807, 2.05) is 37.3 Å². The number of hydrogen-bond donors (Lipinski definition) is 0. The van der Waals surface area contributed by atoms with E-state index in [2.05, 4.69) is 59.1 Å². The van der Waals surface area contributed by atoms with Crippen LogP contribution in [-0.2, 0) is 14.3 Å². The first-order valence-corrected chi connectivity index (χ1v) is 11.3. The molecule has 0 radical (unpaired) electrons. The molecule has 0 saturated heterocycles. The predicted octanol–water partition coefficient (Wildman–Crippen LogP) is 5.55. The minimum Gasteiger partial charge on any atom is -0.448 e. The zero-order chi connectivity index (χ0) is 23.4. The Kier molecular flexibility index (Phi) is 7.51. The number of benzene rings is 2. The topological polar surface area (TPSA) is 62.2 Å². The van der Waals surface area contributed by atoms with Crippen molar-refractivity contribution in [2.75, 3.05) is 11.4 Å². The first-order chi connectivity index (χ1) is 15.2. The van der Waals surface area contributed by atoms with Crippen molar-refractivity contribution < 1.29 is 14.3 Å². The highest BCUT2D eigenvalue weighted by Crippen LogP contribution is 2.24. The largest absolute Gasteiger partial charge is 0.448 e. The summed E-state index contributed by atoms with van der Waals surface area (Å²) in [5.74, 6) is 0.442. The Hall–Kier alpha value is -2.93. The number of hydrazone groups is 1. The predicted molar refractivity (Wildman–Crippen MR) is 131 cm³/mol. The van der Waals surface area contributed by atoms with Crippen molar-refractivity contribution in [1.82, 2.24) is 5.01 Å². The molecule has 1 unspecified atom stereocenters. The van der Waals surface area contributed by atoms with Crippen molar-refractivity contribution in [1.29, 1.82) is 0 Å². The number of carbonyl (C=O) groups excluding carboxylic acids is 2. The van der Waals surface area contributed by atoms with Crippen molar-refractivity contribution in [2.45, 2.75) is 46.8 Å². The molecular weight excluding hydrogens is 470 g/mol. The molecule has 6 nitrogen and oxygen atoms in total. The van der Waals surface area contributed by atoms with Crippen LogP contribution in [0, 0.1) is 0 Å². The fourth-order valence-electron chi connectivity index (χ4n) is 3.41. The van der Waals surface area contributed by atoms with Crippen molar-refractivity contribution >= 4 is 45.4 Å². The average Bonchev–Trinajstić information content (AvgIpc) is 3.17. The van der Waals surface area contributed by atoms with Crippen LogP contribution in [0.5, 0.6) is 0 Å². The van der Waals surface area contributed by atoms with Gasteiger partial charge < -0.3 is 9.64 Å². The number of anilines is 1. The third-order valence-corrected chi connectivity index (χ3v) is 5.75. The summed E-state index contributed by atoms with van der Waals surface area (Å²) in [6, 6.07) is 15.7. The summed E-state index contributed by atoms with van der Waals surface area (Å²) in [6.07, 6.45) is 1.27. The lowest BCUT2D eigenvalue weighted by atomic mass is 10.0. The zero-order valence-electron chi connectivity index (χ0n) is 19.0. The number of nitrogens with zero attached hydrogens (tertiary/aromatic N) is 3. The Bertz CT molecular complexity index is 1040. The molecule has 1 aliphatic heterocycles. The number of carbonyl (C=O) groups is 2. The Labute approximate surface area is 197 Å². The highest BCUT2D eigenvalue weighted by atomic mass is 79.9. The van der Waals surface area contributed by atoms with Crippen molar-refractivity contribution in [3.05, 3.63) is 69.7 Å². The first-order valence-electron chi connectivity index (χ1n) is 10.5. The molecule has 7 heteroatoms. The number of amides is 2. The van der Waals surface area contributed by atoms with E-state index < -0.39 is 6.23 Å². The Morgan fingerprint density at radius 1 is 1.09 bits per heavy atom. The molecule has 2 amide bonds. The van der Waals surface area contributed by atoms with Gasteiger partial charge in [-0.3, -0.25) is 9.59 Å². The molecule has 3 rings (SSSR count). The number of rotatable bonds is 6. The number of hydrogen-bond acceptors (Lipinski definition) is 4. The molecule has 0 fully saturated rings. The molecule has 0 bridgehead atoms. The van der Waals surface area contributed by atoms with Gasteiger partial charge in [-0.25, -0.2) is 0 Å². The lowest BCUT2D eigenvalue weighted by Crippen LogP contribution is -2.44. The average molecular weight is 498 g/mol. The summed E-state index contributed by atoms with van der Waals surface area (Å²) in [6.45, 7) is 9.30. The van der Waals surface area contributed by atoms with E-state index in [4.69, 9.17) is 4.74 Å². The summed E-state index contributed by atoms with van der Waals surface area (Å²) in [7, 11) is 0. The van der Waals surface area contributed by atoms with Crippen LogP contribution in [0.2, 0.25) is 0 Å². The third kappa shape index (κ3) is 5.65. The van der Waals surface area contributed by atoms with Gasteiger partial charge in [-0.2, -0.15) is 5.01 Å². The van der Waals surface area contributed by atoms with E-state index in [0.29, 0.717) is 11.8 Å². The maximum Gasteiger partial charge on any atom is 0.243 e. The number of halogens is 1. The minimum atomic E-state index is -0.707. The van der Waals surface area contributed by atoms with Crippen LogP contribution in [0.4, 0.5) is 5.69 Å². The van der Waals surface area contributed by atoms with Gasteiger partial charge >= 0.3 is 0 Å². The summed E-state index contributed by atoms with van der Waals surface area (Å²) in [4.78, 5) is 26.1. The quantitative estimate of drug-likeness (QED) is 0.525. The minimum absolute atomic E-state index is 0.148. The van der Waals surface area contributed by atoms with Gasteiger partial charge in [-0.1, -0.05) is 54.0 Å². The molecule has 2 aromatic carbocycles. The molecule has 0 spiro atoms. The summed E-state index contributed by atoms with van der Waals surface area (Å²) < 4.78 is 6.96. The maximum atomic E-state index is 12.3. The molecule has 2 aromatic rings. The van der Waals surface area contributed by atoms with Crippen LogP contribution < -0.4 is 4.90 Å². The highest BCUT2D eigenvalue weighted by Gasteiger charge is 2.34. The highest BCUT2D eigenvalue weighted by molar-refractivity contribution is 9.10. The normalized spacial score (nSPS) is 16.1. The van der Waals surface area contributed by atoms with Gasteiger partial charge in [0.15, 0.2) is 0 Å². The van der Waals surface area contributed by atoms with Gasteiger partial charge in [0.05, 0.1) is 6.54 Å². The van der Waals surface area contributed by atoms with Crippen LogP contribution in [0.25, 0.3) is 6.08 Å². The van der Waals surface area contributed by atoms with Gasteiger partial charge in [0.25, 0.3) is 0 Å². The maximum absolute atomic E-state index is 12.3. The van der Waals surface area contributed by atoms with Gasteiger partial charge in [0.2, 0.25) is 23.9 Å². The van der Waals surface area contributed by atoms with E-state index in [9.17, 15) is 9.59 Å². The molecule has 0 saturated carbocycles. The number of ether oxygens (including phenoxy) is 1. The molecule has 0 aliphatic carbocycles. The summed E-state index contributed by atoms with van der Waals surface area (Å²) >= 11 is 3.40. The van der Waals surface area contributed by atoms with E-state index >= 15 is 0 Å². The van der Waals surface area contributed by atoms with Gasteiger partial charge in [0, 0.05) is 29.6 Å². The first kappa shape index (κ1) is 23.7. The molecule has 0 aromatic heterocycles. The molecule has 32 heavy (non-hydrogen) atoms. The molecule has 0 N–H and O–H groups in total. The van der Waals surface area contributed by atoms with Crippen LogP contribution >= 0.6 is 15.9 Å². The fourth-order valence-corrected chi connectivity index (χ4v) is 3.67. The monoisotopic (exact) mass is 497 g/mol. The Morgan fingerprint density at radius 3 is 2.25 bits per heavy atom. The van der Waals surface area contributed by atoms with Crippen LogP contribution in [-0.4, -0.2) is 35.5 Å². The Balaban J connectivity index is 1.80. The lowest BCUT2D eigenvalue weighted by molar-refractivity contribution is -0.135. The van der Waals surface area contributed by atoms with E-state index in [-0.39, 0.29) is 18.4 Å². The Morgan fingerprint density at radius 2 is 1.72 bits per heavy atom. The van der Waals surface area contributed by atoms with Crippen LogP contribution in [0.15, 0.2) is 63.7 Å². The van der Waals surface area contributed by atoms with E-state index in [1.165, 1.54) is 24.4 Å². The SMILES string of the molecule is CC(=O)N(CC1OC(C(C)=Cc2ccc(C(C)C)cc2)=NN1C(C)=O)c1ccc(Br)cc1. The summed E-state index contributed by atoms with van der Waals surface area (Å²) in [5.41, 5.74) is 3.82. The summed E-state index contributed by atoms with van der Waals surface area (Å²) in [5, 5.41) is 5.69. The smallest absolute Gasteiger partial charge is 0.243 e. The standard InChI is InChI=1S/C25H28BrN3O3/c1-16(2)21-8-6-20(7-9-21)14-17(3)25-27-29(19(5)31)24(32-25)15-28(18(4)30)23-12-10-22(26)11-13-23/h6-14,16,24H,15H2,1-5H3. The second-order valence-electron chi connectivity index (χ2n) is 8.10. The van der Waals surface area contributed by atoms with Crippen LogP contribution in [0.3, 0.4) is 0 Å². The van der Waals surface area contributed by atoms with E-state index in [1.54, 1.807) is 4.90 Å². The lowest BCUT2D eigenvalue weighted by Gasteiger charge is -2.27. The third-order valence-electron chi connectivity index (χ3n) is 5.22. The fraction of sp³-hybridized carbons (Fsp3) is 0.320. The van der Waals surface area contributed by atoms with Crippen molar-refractivity contribution in [3.63, 3.8) is 0 Å². The van der Waals surface area contributed by atoms with Gasteiger partial charge in [-0.05, 0) is 54.3 Å². The second-order valence-corrected chi connectivity index (χ2v) is 9.01.